The predicted octanol–water partition coefficient (Wildman–Crippen LogP) is 0.909. The Bertz CT molecular complexity index is 349. The number of nitrogens with one attached hydrogen (secondary N) is 2. The molecule has 5 nitrogen and oxygen atoms in total. The highest BCUT2D eigenvalue weighted by atomic mass is 19.3. The topological polar surface area (TPSA) is 66.9 Å². The van der Waals surface area contributed by atoms with Gasteiger partial charge in [-0.05, 0) is 0 Å². The van der Waals surface area contributed by atoms with Crippen LogP contribution in [0.25, 0.3) is 0 Å². The van der Waals surface area contributed by atoms with Crippen molar-refractivity contribution in [1.29, 1.82) is 0 Å². The Morgan fingerprint density at radius 1 is 1.44 bits per heavy atom. The molecule has 2 rings (SSSR count). The lowest BCUT2D eigenvalue weighted by Gasteiger charge is -2.02. The summed E-state index contributed by atoms with van der Waals surface area (Å²) in [6, 6.07) is 0. The second kappa shape index (κ2) is 9.01. The van der Waals surface area contributed by atoms with Gasteiger partial charge in [-0.3, -0.25) is 9.78 Å². The van der Waals surface area contributed by atoms with Gasteiger partial charge in [0.15, 0.2) is 5.82 Å². The van der Waals surface area contributed by atoms with Gasteiger partial charge >= 0.3 is 0 Å². The van der Waals surface area contributed by atoms with Crippen molar-refractivity contribution in [3.05, 3.63) is 18.6 Å². The van der Waals surface area contributed by atoms with Crippen LogP contribution in [0.3, 0.4) is 0 Å². The third kappa shape index (κ3) is 7.24. The summed E-state index contributed by atoms with van der Waals surface area (Å²) >= 11 is 0. The van der Waals surface area contributed by atoms with Crippen LogP contribution in [0.1, 0.15) is 6.42 Å². The second-order valence-corrected chi connectivity index (χ2v) is 3.14. The lowest BCUT2D eigenvalue weighted by molar-refractivity contribution is -0.105. The minimum absolute atomic E-state index is 0.00694. The summed E-state index contributed by atoms with van der Waals surface area (Å²) in [5, 5.41) is 4.92. The van der Waals surface area contributed by atoms with E-state index >= 15 is 0 Å². The van der Waals surface area contributed by atoms with E-state index in [4.69, 9.17) is 0 Å². The third-order valence-corrected chi connectivity index (χ3v) is 1.82. The molecule has 18 heavy (non-hydrogen) atoms. The fraction of sp³-hybridized carbons (Fsp3) is 0.364. The fourth-order valence-electron chi connectivity index (χ4n) is 1.06. The summed E-state index contributed by atoms with van der Waals surface area (Å²) < 4.78 is 23.8. The summed E-state index contributed by atoms with van der Waals surface area (Å²) in [4.78, 5) is 17.3. The van der Waals surface area contributed by atoms with E-state index in [1.807, 2.05) is 0 Å². The Balaban J connectivity index is 0.000000289. The molecule has 0 aliphatic carbocycles. The average Bonchev–Trinajstić information content (AvgIpc) is 2.79. The molecule has 0 spiro atoms. The number of hydrogen-bond donors (Lipinski definition) is 2. The van der Waals surface area contributed by atoms with E-state index in [0.29, 0.717) is 18.8 Å². The number of amides is 1. The predicted molar refractivity (Wildman–Crippen MR) is 64.0 cm³/mol. The number of alkyl halides is 2. The van der Waals surface area contributed by atoms with Gasteiger partial charge in [0.25, 0.3) is 5.92 Å². The molecule has 7 heteroatoms. The molecule has 2 heterocycles. The highest BCUT2D eigenvalue weighted by Gasteiger charge is 2.32. The van der Waals surface area contributed by atoms with E-state index in [-0.39, 0.29) is 13.0 Å². The van der Waals surface area contributed by atoms with Gasteiger partial charge in [0.1, 0.15) is 0 Å². The molecule has 0 unspecified atom stereocenters. The molecule has 0 bridgehead atoms. The van der Waals surface area contributed by atoms with Crippen LogP contribution >= 0.6 is 0 Å². The first kappa shape index (κ1) is 15.9. The van der Waals surface area contributed by atoms with Crippen molar-refractivity contribution < 1.29 is 13.6 Å². The maximum atomic E-state index is 11.9. The number of terminal acetylenes is 1. The first-order valence-electron chi connectivity index (χ1n) is 5.02. The number of anilines is 1. The molecule has 0 atom stereocenters. The highest BCUT2D eigenvalue weighted by molar-refractivity contribution is 5.67. The Labute approximate surface area is 104 Å². The van der Waals surface area contributed by atoms with Gasteiger partial charge in [0, 0.05) is 25.4 Å². The van der Waals surface area contributed by atoms with E-state index in [0.717, 1.165) is 0 Å². The maximum absolute atomic E-state index is 11.9. The molecular formula is C11H14F2N4O. The molecule has 0 aromatic carbocycles. The van der Waals surface area contributed by atoms with Gasteiger partial charge in [0.05, 0.1) is 12.7 Å². The number of carbonyl (C=O) groups excluding carboxylic acids is 1. The molecule has 1 saturated heterocycles. The Kier molecular flexibility index (Phi) is 7.98. The van der Waals surface area contributed by atoms with Crippen LogP contribution in [0, 0.1) is 12.8 Å². The molecule has 98 valence electrons. The minimum Gasteiger partial charge on any atom is -0.312 e. The first-order chi connectivity index (χ1) is 8.64. The minimum atomic E-state index is -2.42. The van der Waals surface area contributed by atoms with E-state index in [1.54, 1.807) is 0 Å². The molecule has 1 aliphatic rings. The zero-order valence-electron chi connectivity index (χ0n) is 9.64. The Morgan fingerprint density at radius 2 is 2.17 bits per heavy atom. The van der Waals surface area contributed by atoms with Crippen LogP contribution in [0.2, 0.25) is 0 Å². The summed E-state index contributed by atoms with van der Waals surface area (Å²) in [5.74, 6) is -1.95. The van der Waals surface area contributed by atoms with Gasteiger partial charge in [0.2, 0.25) is 6.41 Å². The average molecular weight is 256 g/mol. The molecule has 2 N–H and O–H groups in total. The zero-order chi connectivity index (χ0) is 13.9. The largest absolute Gasteiger partial charge is 0.312 e. The summed E-state index contributed by atoms with van der Waals surface area (Å²) in [7, 11) is 0. The van der Waals surface area contributed by atoms with Crippen LogP contribution in [0.5, 0.6) is 0 Å². The number of aromatic nitrogens is 2. The van der Waals surface area contributed by atoms with Crippen molar-refractivity contribution in [3.63, 3.8) is 0 Å². The second-order valence-electron chi connectivity index (χ2n) is 3.14. The molecule has 1 aliphatic heterocycles. The monoisotopic (exact) mass is 256 g/mol. The van der Waals surface area contributed by atoms with Crippen molar-refractivity contribution in [3.8, 4) is 12.8 Å². The van der Waals surface area contributed by atoms with Crippen molar-refractivity contribution >= 4 is 12.2 Å². The van der Waals surface area contributed by atoms with Crippen LogP contribution in [0.4, 0.5) is 14.6 Å². The van der Waals surface area contributed by atoms with Crippen LogP contribution < -0.4 is 10.6 Å². The summed E-state index contributed by atoms with van der Waals surface area (Å²) in [6.07, 6.45) is 13.1. The maximum Gasteiger partial charge on any atom is 0.261 e. The summed E-state index contributed by atoms with van der Waals surface area (Å²) in [6.45, 7) is 0.333. The van der Waals surface area contributed by atoms with E-state index in [1.165, 1.54) is 18.6 Å². The lowest BCUT2D eigenvalue weighted by Crippen LogP contribution is -2.18. The van der Waals surface area contributed by atoms with Gasteiger partial charge in [-0.2, -0.15) is 0 Å². The van der Waals surface area contributed by atoms with Crippen molar-refractivity contribution in [2.45, 2.75) is 12.3 Å². The number of hydrogen-bond acceptors (Lipinski definition) is 4. The summed E-state index contributed by atoms with van der Waals surface area (Å²) in [5.41, 5.74) is 0. The molecule has 0 saturated carbocycles. The lowest BCUT2D eigenvalue weighted by atomic mass is 10.3. The van der Waals surface area contributed by atoms with Crippen LogP contribution in [0.15, 0.2) is 18.6 Å². The Morgan fingerprint density at radius 3 is 2.50 bits per heavy atom. The van der Waals surface area contributed by atoms with Gasteiger partial charge in [-0.15, -0.1) is 12.8 Å². The molecule has 0 radical (unpaired) electrons. The van der Waals surface area contributed by atoms with Gasteiger partial charge < -0.3 is 10.6 Å². The molecular weight excluding hydrogens is 242 g/mol. The van der Waals surface area contributed by atoms with E-state index in [9.17, 15) is 13.6 Å². The van der Waals surface area contributed by atoms with Crippen LogP contribution in [-0.4, -0.2) is 35.4 Å². The SMILES string of the molecule is C#C.FC1(F)CCNC1.O=CNc1cnccn1. The highest BCUT2D eigenvalue weighted by Crippen LogP contribution is 2.19. The van der Waals surface area contributed by atoms with Gasteiger partial charge in [-0.1, -0.05) is 0 Å². The molecule has 1 aromatic heterocycles. The third-order valence-electron chi connectivity index (χ3n) is 1.82. The molecule has 1 aromatic rings. The molecule has 1 fully saturated rings. The molecule has 1 amide bonds. The van der Waals surface area contributed by atoms with Crippen molar-refractivity contribution in [2.24, 2.45) is 0 Å². The fourth-order valence-corrected chi connectivity index (χ4v) is 1.06. The number of carbonyl (C=O) groups is 1. The quantitative estimate of drug-likeness (QED) is 0.609. The van der Waals surface area contributed by atoms with Crippen LogP contribution in [-0.2, 0) is 4.79 Å². The smallest absolute Gasteiger partial charge is 0.261 e. The van der Waals surface area contributed by atoms with Crippen molar-refractivity contribution in [1.82, 2.24) is 15.3 Å². The normalized spacial score (nSPS) is 15.3. The zero-order valence-corrected chi connectivity index (χ0v) is 9.64. The van der Waals surface area contributed by atoms with E-state index in [2.05, 4.69) is 33.4 Å². The van der Waals surface area contributed by atoms with Crippen molar-refractivity contribution in [2.75, 3.05) is 18.4 Å². The van der Waals surface area contributed by atoms with Gasteiger partial charge in [-0.25, -0.2) is 13.8 Å². The first-order valence-corrected chi connectivity index (χ1v) is 5.02. The number of halogens is 2. The Hall–Kier alpha value is -2.07. The van der Waals surface area contributed by atoms with E-state index < -0.39 is 5.92 Å². The number of nitrogens with zero attached hydrogens (tertiary/aromatic N) is 2. The standard InChI is InChI=1S/C5H5N3O.C4H7F2N.C2H2/c9-4-8-5-3-6-1-2-7-5;5-4(6)1-2-7-3-4;1-2/h1-4H,(H,7,8,9);7H,1-3H2;1-2H. The number of rotatable bonds is 2.